The lowest BCUT2D eigenvalue weighted by Gasteiger charge is -2.02. The van der Waals surface area contributed by atoms with Gasteiger partial charge in [-0.25, -0.2) is 9.50 Å². The molecule has 0 aliphatic rings. The number of hydrogen-bond donors (Lipinski definition) is 1. The smallest absolute Gasteiger partial charge is 0.212 e. The van der Waals surface area contributed by atoms with Gasteiger partial charge in [0, 0.05) is 0 Å². The first-order valence-electron chi connectivity index (χ1n) is 5.90. The molecule has 0 radical (unpaired) electrons. The molecule has 0 aliphatic heterocycles. The first-order chi connectivity index (χ1) is 9.28. The van der Waals surface area contributed by atoms with Crippen LogP contribution < -0.4 is 4.74 Å². The Morgan fingerprint density at radius 2 is 2.11 bits per heavy atom. The zero-order valence-corrected chi connectivity index (χ0v) is 11.2. The Bertz CT molecular complexity index is 691. The molecule has 98 valence electrons. The summed E-state index contributed by atoms with van der Waals surface area (Å²) in [4.78, 5) is 5.15. The molecule has 0 fully saturated rings. The minimum Gasteiger partial charge on any atom is -0.486 e. The van der Waals surface area contributed by atoms with Gasteiger partial charge >= 0.3 is 0 Å². The van der Waals surface area contributed by atoms with Crippen LogP contribution in [0.15, 0.2) is 30.3 Å². The first kappa shape index (κ1) is 12.1. The molecule has 2 heterocycles. The molecule has 6 heteroatoms. The molecule has 0 unspecified atom stereocenters. The van der Waals surface area contributed by atoms with Crippen LogP contribution in [0.3, 0.4) is 0 Å². The lowest BCUT2D eigenvalue weighted by Crippen LogP contribution is -1.99. The van der Waals surface area contributed by atoms with E-state index in [9.17, 15) is 5.11 Å². The van der Waals surface area contributed by atoms with Crippen molar-refractivity contribution >= 4 is 16.3 Å². The number of ether oxygens (including phenoxy) is 1. The van der Waals surface area contributed by atoms with E-state index in [0.717, 1.165) is 27.1 Å². The number of fused-ring (bicyclic) bond motifs is 1. The number of aryl methyl sites for hydroxylation is 1. The molecule has 1 N–H and O–H groups in total. The maximum Gasteiger partial charge on any atom is 0.212 e. The van der Waals surface area contributed by atoms with Crippen molar-refractivity contribution in [3.63, 3.8) is 0 Å². The fourth-order valence-corrected chi connectivity index (χ4v) is 2.70. The van der Waals surface area contributed by atoms with Gasteiger partial charge in [0.15, 0.2) is 5.01 Å². The van der Waals surface area contributed by atoms with E-state index in [1.807, 2.05) is 37.3 Å². The number of aliphatic hydroxyl groups excluding tert-OH is 1. The van der Waals surface area contributed by atoms with Crippen LogP contribution in [0.1, 0.15) is 16.4 Å². The summed E-state index contributed by atoms with van der Waals surface area (Å²) in [7, 11) is 0. The van der Waals surface area contributed by atoms with E-state index < -0.39 is 0 Å². The van der Waals surface area contributed by atoms with E-state index in [0.29, 0.717) is 6.61 Å². The van der Waals surface area contributed by atoms with Gasteiger partial charge in [-0.05, 0) is 19.1 Å². The monoisotopic (exact) mass is 275 g/mol. The van der Waals surface area contributed by atoms with Crippen LogP contribution in [0.2, 0.25) is 0 Å². The number of nitrogens with zero attached hydrogens (tertiary/aromatic N) is 3. The van der Waals surface area contributed by atoms with Crippen LogP contribution >= 0.6 is 11.3 Å². The minimum absolute atomic E-state index is 0.0598. The molecule has 0 amide bonds. The number of imidazole rings is 1. The SMILES string of the molecule is Cc1nc2sc(COc3ccccc3)nn2c1CO. The van der Waals surface area contributed by atoms with Crippen molar-refractivity contribution in [3.8, 4) is 5.75 Å². The Balaban J connectivity index is 1.80. The highest BCUT2D eigenvalue weighted by molar-refractivity contribution is 7.16. The van der Waals surface area contributed by atoms with E-state index in [1.54, 1.807) is 4.52 Å². The van der Waals surface area contributed by atoms with Gasteiger partial charge in [0.25, 0.3) is 0 Å². The number of benzene rings is 1. The number of para-hydroxylation sites is 1. The molecule has 5 nitrogen and oxygen atoms in total. The Morgan fingerprint density at radius 3 is 2.84 bits per heavy atom. The second-order valence-electron chi connectivity index (χ2n) is 4.09. The normalized spacial score (nSPS) is 11.1. The lowest BCUT2D eigenvalue weighted by molar-refractivity contribution is 0.272. The van der Waals surface area contributed by atoms with Crippen molar-refractivity contribution in [3.05, 3.63) is 46.7 Å². The second-order valence-corrected chi connectivity index (χ2v) is 5.13. The Labute approximate surface area is 114 Å². The molecule has 0 saturated carbocycles. The third-order valence-corrected chi connectivity index (χ3v) is 3.68. The van der Waals surface area contributed by atoms with Crippen molar-refractivity contribution < 1.29 is 9.84 Å². The van der Waals surface area contributed by atoms with Crippen LogP contribution in [0.5, 0.6) is 5.75 Å². The highest BCUT2D eigenvalue weighted by atomic mass is 32.1. The molecule has 0 atom stereocenters. The van der Waals surface area contributed by atoms with Gasteiger partial charge in [-0.2, -0.15) is 5.10 Å². The van der Waals surface area contributed by atoms with Crippen LogP contribution in [-0.2, 0) is 13.2 Å². The molecular formula is C13H13N3O2S. The van der Waals surface area contributed by atoms with Crippen molar-refractivity contribution in [2.75, 3.05) is 0 Å². The number of hydrogen-bond acceptors (Lipinski definition) is 5. The van der Waals surface area contributed by atoms with Crippen molar-refractivity contribution in [2.24, 2.45) is 0 Å². The highest BCUT2D eigenvalue weighted by Gasteiger charge is 2.13. The summed E-state index contributed by atoms with van der Waals surface area (Å²) in [5.74, 6) is 0.814. The molecule has 0 aliphatic carbocycles. The predicted molar refractivity (Wildman–Crippen MR) is 72.3 cm³/mol. The Hall–Kier alpha value is -1.92. The van der Waals surface area contributed by atoms with Crippen LogP contribution in [-0.4, -0.2) is 19.7 Å². The predicted octanol–water partition coefficient (Wildman–Crippen LogP) is 2.17. The number of aromatic nitrogens is 3. The van der Waals surface area contributed by atoms with Crippen molar-refractivity contribution in [1.82, 2.24) is 14.6 Å². The molecule has 0 saturated heterocycles. The van der Waals surface area contributed by atoms with Gasteiger partial charge < -0.3 is 9.84 Å². The lowest BCUT2D eigenvalue weighted by atomic mass is 10.3. The van der Waals surface area contributed by atoms with E-state index in [2.05, 4.69) is 10.1 Å². The van der Waals surface area contributed by atoms with Crippen LogP contribution in [0.4, 0.5) is 0 Å². The van der Waals surface area contributed by atoms with Crippen molar-refractivity contribution in [2.45, 2.75) is 20.1 Å². The van der Waals surface area contributed by atoms with Crippen LogP contribution in [0.25, 0.3) is 4.96 Å². The van der Waals surface area contributed by atoms with E-state index in [1.165, 1.54) is 11.3 Å². The summed E-state index contributed by atoms with van der Waals surface area (Å²) in [5, 5.41) is 14.5. The number of rotatable bonds is 4. The zero-order chi connectivity index (χ0) is 13.2. The molecule has 1 aromatic carbocycles. The third-order valence-electron chi connectivity index (χ3n) is 2.79. The second kappa shape index (κ2) is 4.99. The van der Waals surface area contributed by atoms with Crippen molar-refractivity contribution in [1.29, 1.82) is 0 Å². The molecular weight excluding hydrogens is 262 g/mol. The van der Waals surface area contributed by atoms with Gasteiger partial charge in [0.1, 0.15) is 12.4 Å². The summed E-state index contributed by atoms with van der Waals surface area (Å²) in [6, 6.07) is 9.61. The molecule has 0 bridgehead atoms. The van der Waals surface area contributed by atoms with E-state index in [-0.39, 0.29) is 6.61 Å². The third kappa shape index (κ3) is 2.32. The van der Waals surface area contributed by atoms with Crippen LogP contribution in [0, 0.1) is 6.92 Å². The average molecular weight is 275 g/mol. The van der Waals surface area contributed by atoms with Gasteiger partial charge in [-0.3, -0.25) is 0 Å². The summed E-state index contributed by atoms with van der Waals surface area (Å²) < 4.78 is 7.32. The zero-order valence-electron chi connectivity index (χ0n) is 10.4. The Morgan fingerprint density at radius 1 is 1.32 bits per heavy atom. The van der Waals surface area contributed by atoms with Gasteiger partial charge in [-0.15, -0.1) is 0 Å². The molecule has 0 spiro atoms. The summed E-state index contributed by atoms with van der Waals surface area (Å²) in [6.45, 7) is 2.21. The first-order valence-corrected chi connectivity index (χ1v) is 6.72. The number of aliphatic hydroxyl groups is 1. The summed E-state index contributed by atoms with van der Waals surface area (Å²) >= 11 is 1.47. The molecule has 19 heavy (non-hydrogen) atoms. The highest BCUT2D eigenvalue weighted by Crippen LogP contribution is 2.20. The molecule has 3 aromatic rings. The summed E-state index contributed by atoms with van der Waals surface area (Å²) in [6.07, 6.45) is 0. The fraction of sp³-hybridized carbons (Fsp3) is 0.231. The Kier molecular flexibility index (Phi) is 3.18. The quantitative estimate of drug-likeness (QED) is 0.792. The topological polar surface area (TPSA) is 59.7 Å². The minimum atomic E-state index is -0.0598. The van der Waals surface area contributed by atoms with Gasteiger partial charge in [-0.1, -0.05) is 29.5 Å². The molecule has 3 rings (SSSR count). The van der Waals surface area contributed by atoms with Gasteiger partial charge in [0.05, 0.1) is 18.0 Å². The van der Waals surface area contributed by atoms with E-state index in [4.69, 9.17) is 4.74 Å². The maximum atomic E-state index is 9.30. The van der Waals surface area contributed by atoms with Gasteiger partial charge in [0.2, 0.25) is 4.96 Å². The standard InChI is InChI=1S/C13H13N3O2S/c1-9-11(7-17)16-13(14-9)19-12(15-16)8-18-10-5-3-2-4-6-10/h2-6,17H,7-8H2,1H3. The molecule has 2 aromatic heterocycles. The largest absolute Gasteiger partial charge is 0.486 e. The average Bonchev–Trinajstić information content (AvgIpc) is 2.93. The summed E-state index contributed by atoms with van der Waals surface area (Å²) in [5.41, 5.74) is 1.55. The van der Waals surface area contributed by atoms with E-state index >= 15 is 0 Å². The fourth-order valence-electron chi connectivity index (χ4n) is 1.83. The maximum absolute atomic E-state index is 9.30.